The summed E-state index contributed by atoms with van der Waals surface area (Å²) in [5, 5.41) is 2.73. The lowest BCUT2D eigenvalue weighted by molar-refractivity contribution is -0.147. The number of likely N-dealkylation sites (tertiary alicyclic amines) is 1. The fourth-order valence-corrected chi connectivity index (χ4v) is 5.90. The SMILES string of the molecule is COc1ccc(S(=O)(=O)NC2CC2)cc1NC(=O)C(CC(C)C)N1C(=O)C2CC=CCC2C1=O. The van der Waals surface area contributed by atoms with Crippen LogP contribution >= 0.6 is 0 Å². The van der Waals surface area contributed by atoms with Crippen LogP contribution in [0, 0.1) is 17.8 Å². The molecular formula is C24H31N3O6S. The molecule has 3 amide bonds. The molecule has 1 aromatic carbocycles. The number of sulfonamides is 1. The second-order valence-corrected chi connectivity index (χ2v) is 11.3. The Bertz CT molecular complexity index is 1100. The van der Waals surface area contributed by atoms with E-state index in [0.29, 0.717) is 19.3 Å². The van der Waals surface area contributed by atoms with E-state index in [1.54, 1.807) is 0 Å². The quantitative estimate of drug-likeness (QED) is 0.406. The van der Waals surface area contributed by atoms with Crippen LogP contribution in [0.3, 0.4) is 0 Å². The molecule has 3 atom stereocenters. The molecule has 0 spiro atoms. The van der Waals surface area contributed by atoms with Crippen molar-refractivity contribution in [2.75, 3.05) is 12.4 Å². The fraction of sp³-hybridized carbons (Fsp3) is 0.542. The zero-order valence-corrected chi connectivity index (χ0v) is 20.4. The second-order valence-electron chi connectivity index (χ2n) is 9.59. The number of imide groups is 1. The highest BCUT2D eigenvalue weighted by atomic mass is 32.2. The Labute approximate surface area is 200 Å². The maximum atomic E-state index is 13.5. The summed E-state index contributed by atoms with van der Waals surface area (Å²) in [6, 6.07) is 3.16. The van der Waals surface area contributed by atoms with E-state index in [1.165, 1.54) is 25.3 Å². The monoisotopic (exact) mass is 489 g/mol. The lowest BCUT2D eigenvalue weighted by atomic mass is 9.85. The molecule has 10 heteroatoms. The van der Waals surface area contributed by atoms with Gasteiger partial charge in [-0.3, -0.25) is 19.3 Å². The summed E-state index contributed by atoms with van der Waals surface area (Å²) in [5.74, 6) is -1.75. The van der Waals surface area contributed by atoms with Gasteiger partial charge < -0.3 is 10.1 Å². The van der Waals surface area contributed by atoms with Crippen LogP contribution in [0.1, 0.15) is 46.0 Å². The van der Waals surface area contributed by atoms with Crippen LogP contribution < -0.4 is 14.8 Å². The van der Waals surface area contributed by atoms with E-state index >= 15 is 0 Å². The molecule has 184 valence electrons. The topological polar surface area (TPSA) is 122 Å². The van der Waals surface area contributed by atoms with Gasteiger partial charge in [0.15, 0.2) is 0 Å². The van der Waals surface area contributed by atoms with E-state index < -0.39 is 33.8 Å². The van der Waals surface area contributed by atoms with Crippen molar-refractivity contribution >= 4 is 33.4 Å². The predicted octanol–water partition coefficient (Wildman–Crippen LogP) is 2.44. The normalized spacial score (nSPS) is 23.2. The first-order valence-corrected chi connectivity index (χ1v) is 13.1. The second kappa shape index (κ2) is 9.50. The molecule has 0 bridgehead atoms. The standard InChI is InChI=1S/C24H31N3O6S/c1-14(2)12-20(27-23(29)17-6-4-5-7-18(17)24(27)30)22(28)25-19-13-16(10-11-21(19)33-3)34(31,32)26-15-8-9-15/h4-5,10-11,13-15,17-18,20,26H,6-9,12H2,1-3H3,(H,25,28). The Morgan fingerprint density at radius 3 is 2.26 bits per heavy atom. The number of allylic oxidation sites excluding steroid dienone is 2. The minimum Gasteiger partial charge on any atom is -0.495 e. The van der Waals surface area contributed by atoms with E-state index in [2.05, 4.69) is 10.0 Å². The van der Waals surface area contributed by atoms with Crippen molar-refractivity contribution in [1.82, 2.24) is 9.62 Å². The number of carbonyl (C=O) groups is 3. The van der Waals surface area contributed by atoms with E-state index in [-0.39, 0.29) is 40.1 Å². The molecule has 34 heavy (non-hydrogen) atoms. The average Bonchev–Trinajstić information content (AvgIpc) is 3.57. The van der Waals surface area contributed by atoms with Crippen molar-refractivity contribution in [2.45, 2.75) is 62.9 Å². The van der Waals surface area contributed by atoms with Gasteiger partial charge in [-0.1, -0.05) is 26.0 Å². The van der Waals surface area contributed by atoms with Crippen molar-refractivity contribution in [1.29, 1.82) is 0 Å². The number of nitrogens with one attached hydrogen (secondary N) is 2. The van der Waals surface area contributed by atoms with Crippen LogP contribution in [0.2, 0.25) is 0 Å². The van der Waals surface area contributed by atoms with Gasteiger partial charge in [0.05, 0.1) is 29.5 Å². The summed E-state index contributed by atoms with van der Waals surface area (Å²) < 4.78 is 33.3. The van der Waals surface area contributed by atoms with Gasteiger partial charge in [-0.2, -0.15) is 0 Å². The summed E-state index contributed by atoms with van der Waals surface area (Å²) >= 11 is 0. The summed E-state index contributed by atoms with van der Waals surface area (Å²) in [4.78, 5) is 40.8. The van der Waals surface area contributed by atoms with E-state index in [4.69, 9.17) is 4.74 Å². The van der Waals surface area contributed by atoms with E-state index in [0.717, 1.165) is 17.7 Å². The zero-order valence-electron chi connectivity index (χ0n) is 19.6. The number of carbonyl (C=O) groups excluding carboxylic acids is 3. The molecule has 1 saturated carbocycles. The summed E-state index contributed by atoms with van der Waals surface area (Å²) in [6.45, 7) is 3.83. The summed E-state index contributed by atoms with van der Waals surface area (Å²) in [6.07, 6.45) is 6.67. The largest absolute Gasteiger partial charge is 0.495 e. The first kappa shape index (κ1) is 24.4. The van der Waals surface area contributed by atoms with Crippen LogP contribution in [0.25, 0.3) is 0 Å². The number of hydrogen-bond acceptors (Lipinski definition) is 6. The molecule has 0 aromatic heterocycles. The lowest BCUT2D eigenvalue weighted by Gasteiger charge is -2.27. The molecule has 2 fully saturated rings. The van der Waals surface area contributed by atoms with E-state index in [9.17, 15) is 22.8 Å². The van der Waals surface area contributed by atoms with E-state index in [1.807, 2.05) is 26.0 Å². The average molecular weight is 490 g/mol. The Morgan fingerprint density at radius 2 is 1.74 bits per heavy atom. The van der Waals surface area contributed by atoms with Crippen LogP contribution in [0.15, 0.2) is 35.2 Å². The van der Waals surface area contributed by atoms with Crippen molar-refractivity contribution in [2.24, 2.45) is 17.8 Å². The predicted molar refractivity (Wildman–Crippen MR) is 125 cm³/mol. The first-order chi connectivity index (χ1) is 16.1. The minimum absolute atomic E-state index is 0.00123. The molecule has 3 aliphatic rings. The number of ether oxygens (including phenoxy) is 1. The molecule has 1 saturated heterocycles. The Hall–Kier alpha value is -2.72. The number of nitrogens with zero attached hydrogens (tertiary/aromatic N) is 1. The van der Waals surface area contributed by atoms with Gasteiger partial charge in [0.1, 0.15) is 11.8 Å². The van der Waals surface area contributed by atoms with Crippen molar-refractivity contribution in [3.63, 3.8) is 0 Å². The van der Waals surface area contributed by atoms with Gasteiger partial charge in [-0.15, -0.1) is 0 Å². The number of amides is 3. The van der Waals surface area contributed by atoms with Crippen LogP contribution in [0.4, 0.5) is 5.69 Å². The van der Waals surface area contributed by atoms with Crippen molar-refractivity contribution in [3.05, 3.63) is 30.4 Å². The zero-order chi connectivity index (χ0) is 24.6. The van der Waals surface area contributed by atoms with Crippen LogP contribution in [-0.4, -0.2) is 50.2 Å². The Kier molecular flexibility index (Phi) is 6.82. The molecule has 1 aliphatic heterocycles. The molecule has 0 radical (unpaired) electrons. The maximum Gasteiger partial charge on any atom is 0.247 e. The molecule has 9 nitrogen and oxygen atoms in total. The van der Waals surface area contributed by atoms with Gasteiger partial charge in [-0.05, 0) is 56.2 Å². The van der Waals surface area contributed by atoms with Crippen LogP contribution in [0.5, 0.6) is 5.75 Å². The number of anilines is 1. The maximum absolute atomic E-state index is 13.5. The highest BCUT2D eigenvalue weighted by molar-refractivity contribution is 7.89. The summed E-state index contributed by atoms with van der Waals surface area (Å²) in [7, 11) is -2.33. The third kappa shape index (κ3) is 4.88. The van der Waals surface area contributed by atoms with Crippen LogP contribution in [-0.2, 0) is 24.4 Å². The molecule has 2 aliphatic carbocycles. The highest BCUT2D eigenvalue weighted by Crippen LogP contribution is 2.37. The van der Waals surface area contributed by atoms with Gasteiger partial charge >= 0.3 is 0 Å². The Balaban J connectivity index is 1.61. The number of hydrogen-bond donors (Lipinski definition) is 2. The number of fused-ring (bicyclic) bond motifs is 1. The molecular weight excluding hydrogens is 458 g/mol. The highest BCUT2D eigenvalue weighted by Gasteiger charge is 2.51. The first-order valence-electron chi connectivity index (χ1n) is 11.7. The molecule has 3 unspecified atom stereocenters. The number of benzene rings is 1. The minimum atomic E-state index is -3.75. The Morgan fingerprint density at radius 1 is 1.12 bits per heavy atom. The van der Waals surface area contributed by atoms with Gasteiger partial charge in [0.25, 0.3) is 0 Å². The van der Waals surface area contributed by atoms with Gasteiger partial charge in [0.2, 0.25) is 27.7 Å². The van der Waals surface area contributed by atoms with Gasteiger partial charge in [-0.25, -0.2) is 13.1 Å². The summed E-state index contributed by atoms with van der Waals surface area (Å²) in [5.41, 5.74) is 0.165. The molecule has 1 aromatic rings. The third-order valence-electron chi connectivity index (χ3n) is 6.49. The van der Waals surface area contributed by atoms with Crippen molar-refractivity contribution in [3.8, 4) is 5.75 Å². The van der Waals surface area contributed by atoms with Crippen molar-refractivity contribution < 1.29 is 27.5 Å². The third-order valence-corrected chi connectivity index (χ3v) is 8.01. The van der Waals surface area contributed by atoms with Gasteiger partial charge in [0, 0.05) is 6.04 Å². The smallest absolute Gasteiger partial charge is 0.247 e. The molecule has 2 N–H and O–H groups in total. The number of methoxy groups -OCH3 is 1. The molecule has 4 rings (SSSR count). The lowest BCUT2D eigenvalue weighted by Crippen LogP contribution is -2.48. The molecule has 1 heterocycles. The fourth-order valence-electron chi connectivity index (χ4n) is 4.57. The number of rotatable bonds is 9.